The van der Waals surface area contributed by atoms with Crippen LogP contribution in [-0.2, 0) is 11.3 Å². The highest BCUT2D eigenvalue weighted by molar-refractivity contribution is 14.1. The molecule has 0 spiro atoms. The first kappa shape index (κ1) is 20.0. The molecule has 3 aromatic rings. The number of imidazole rings is 1. The van der Waals surface area contributed by atoms with Crippen LogP contribution in [0.1, 0.15) is 19.3 Å². The molecule has 0 atom stereocenters. The van der Waals surface area contributed by atoms with Crippen molar-refractivity contribution < 1.29 is 19.5 Å². The number of carbonyl (C=O) groups is 1. The summed E-state index contributed by atoms with van der Waals surface area (Å²) in [5, 5.41) is 9.34. The number of nitrogen functional groups attached to an aromatic ring is 1. The zero-order valence-electron chi connectivity index (χ0n) is 15.1. The second-order valence-corrected chi connectivity index (χ2v) is 8.38. The largest absolute Gasteiger partial charge is 0.454 e. The van der Waals surface area contributed by atoms with Gasteiger partial charge < -0.3 is 19.8 Å². The standard InChI is InChI=1S/C17H17IN6O4S/c18-9-5-10-11(28-8-27-10)6-12(9)29-17-22-14-15(19)20-7-21-16(14)24(17)4-2-1-3-13(25)23-26/h5-7,26H,1-4,8H2,(H,23,25)(H2,19,20,21). The van der Waals surface area contributed by atoms with Gasteiger partial charge in [-0.2, -0.15) is 0 Å². The summed E-state index contributed by atoms with van der Waals surface area (Å²) >= 11 is 3.73. The number of halogens is 1. The molecule has 3 heterocycles. The summed E-state index contributed by atoms with van der Waals surface area (Å²) < 4.78 is 13.9. The van der Waals surface area contributed by atoms with Crippen LogP contribution in [0, 0.1) is 3.57 Å². The van der Waals surface area contributed by atoms with Gasteiger partial charge in [0.25, 0.3) is 0 Å². The predicted molar refractivity (Wildman–Crippen MR) is 113 cm³/mol. The van der Waals surface area contributed by atoms with Crippen LogP contribution < -0.4 is 20.7 Å². The minimum Gasteiger partial charge on any atom is -0.454 e. The van der Waals surface area contributed by atoms with E-state index in [1.165, 1.54) is 18.1 Å². The Hall–Kier alpha value is -2.32. The lowest BCUT2D eigenvalue weighted by Crippen LogP contribution is -2.18. The van der Waals surface area contributed by atoms with Gasteiger partial charge in [0, 0.05) is 21.4 Å². The number of fused-ring (bicyclic) bond motifs is 2. The molecule has 1 aliphatic rings. The maximum atomic E-state index is 11.2. The predicted octanol–water partition coefficient (Wildman–Crippen LogP) is 2.57. The summed E-state index contributed by atoms with van der Waals surface area (Å²) in [6, 6.07) is 3.86. The van der Waals surface area contributed by atoms with E-state index in [4.69, 9.17) is 20.4 Å². The highest BCUT2D eigenvalue weighted by Crippen LogP contribution is 2.41. The minimum absolute atomic E-state index is 0.214. The number of hydroxylamine groups is 1. The van der Waals surface area contributed by atoms with Gasteiger partial charge in [0.1, 0.15) is 6.33 Å². The van der Waals surface area contributed by atoms with Crippen molar-refractivity contribution in [2.45, 2.75) is 35.9 Å². The monoisotopic (exact) mass is 528 g/mol. The summed E-state index contributed by atoms with van der Waals surface area (Å²) in [6.07, 6.45) is 2.96. The number of ether oxygens (including phenoxy) is 2. The van der Waals surface area contributed by atoms with Crippen LogP contribution in [-0.4, -0.2) is 37.4 Å². The molecule has 152 valence electrons. The molecule has 10 nitrogen and oxygen atoms in total. The normalized spacial score (nSPS) is 12.5. The van der Waals surface area contributed by atoms with Gasteiger partial charge in [0.05, 0.1) is 0 Å². The maximum absolute atomic E-state index is 11.2. The first-order valence-corrected chi connectivity index (χ1v) is 10.6. The smallest absolute Gasteiger partial charge is 0.243 e. The molecular weight excluding hydrogens is 511 g/mol. The quantitative estimate of drug-likeness (QED) is 0.183. The van der Waals surface area contributed by atoms with Crippen molar-refractivity contribution >= 4 is 57.2 Å². The third-order valence-electron chi connectivity index (χ3n) is 4.31. The van der Waals surface area contributed by atoms with Crippen molar-refractivity contribution in [3.05, 3.63) is 22.0 Å². The number of rotatable bonds is 7. The molecular formula is C17H17IN6O4S. The summed E-state index contributed by atoms with van der Waals surface area (Å²) in [7, 11) is 0. The van der Waals surface area contributed by atoms with Crippen molar-refractivity contribution in [2.75, 3.05) is 12.5 Å². The molecule has 0 radical (unpaired) electrons. The molecule has 1 aromatic carbocycles. The van der Waals surface area contributed by atoms with Crippen LogP contribution in [0.15, 0.2) is 28.5 Å². The maximum Gasteiger partial charge on any atom is 0.243 e. The van der Waals surface area contributed by atoms with E-state index in [-0.39, 0.29) is 13.2 Å². The minimum atomic E-state index is -0.406. The van der Waals surface area contributed by atoms with Gasteiger partial charge in [-0.15, -0.1) is 0 Å². The number of carbonyl (C=O) groups excluding carboxylic acids is 1. The summed E-state index contributed by atoms with van der Waals surface area (Å²) in [4.78, 5) is 25.2. The zero-order valence-corrected chi connectivity index (χ0v) is 18.1. The molecule has 12 heteroatoms. The Morgan fingerprint density at radius 2 is 2.10 bits per heavy atom. The van der Waals surface area contributed by atoms with Gasteiger partial charge >= 0.3 is 0 Å². The summed E-state index contributed by atoms with van der Waals surface area (Å²) in [6.45, 7) is 0.806. The molecule has 0 aliphatic carbocycles. The topological polar surface area (TPSA) is 137 Å². The molecule has 2 aromatic heterocycles. The molecule has 4 N–H and O–H groups in total. The molecule has 29 heavy (non-hydrogen) atoms. The highest BCUT2D eigenvalue weighted by Gasteiger charge is 2.20. The van der Waals surface area contributed by atoms with Crippen LogP contribution >= 0.6 is 34.4 Å². The molecule has 0 bridgehead atoms. The Morgan fingerprint density at radius 1 is 1.31 bits per heavy atom. The van der Waals surface area contributed by atoms with E-state index in [1.807, 2.05) is 16.7 Å². The van der Waals surface area contributed by atoms with Crippen LogP contribution in [0.25, 0.3) is 11.2 Å². The second kappa shape index (κ2) is 8.59. The molecule has 0 fully saturated rings. The first-order valence-electron chi connectivity index (χ1n) is 8.73. The van der Waals surface area contributed by atoms with Gasteiger partial charge in [-0.1, -0.05) is 11.8 Å². The number of aryl methyl sites for hydroxylation is 1. The number of benzene rings is 1. The Labute approximate surface area is 183 Å². The first-order chi connectivity index (χ1) is 14.1. The van der Waals surface area contributed by atoms with Crippen molar-refractivity contribution in [3.63, 3.8) is 0 Å². The Bertz CT molecular complexity index is 1080. The molecule has 4 rings (SSSR count). The fourth-order valence-electron chi connectivity index (χ4n) is 2.90. The molecule has 0 saturated carbocycles. The van der Waals surface area contributed by atoms with Crippen molar-refractivity contribution in [2.24, 2.45) is 0 Å². The van der Waals surface area contributed by atoms with Crippen molar-refractivity contribution in [1.29, 1.82) is 0 Å². The molecule has 0 saturated heterocycles. The van der Waals surface area contributed by atoms with Gasteiger partial charge in [-0.25, -0.2) is 20.4 Å². The zero-order chi connectivity index (χ0) is 20.4. The van der Waals surface area contributed by atoms with E-state index >= 15 is 0 Å². The summed E-state index contributed by atoms with van der Waals surface area (Å²) in [5.41, 5.74) is 8.82. The van der Waals surface area contributed by atoms with Crippen LogP contribution in [0.4, 0.5) is 5.82 Å². The third-order valence-corrected chi connectivity index (χ3v) is 6.62. The van der Waals surface area contributed by atoms with E-state index < -0.39 is 5.91 Å². The second-order valence-electron chi connectivity index (χ2n) is 6.21. The van der Waals surface area contributed by atoms with Crippen LogP contribution in [0.5, 0.6) is 11.5 Å². The fourth-order valence-corrected chi connectivity index (χ4v) is 4.61. The van der Waals surface area contributed by atoms with Gasteiger partial charge in [0.2, 0.25) is 12.7 Å². The number of anilines is 1. The molecule has 0 unspecified atom stereocenters. The average molecular weight is 528 g/mol. The number of amides is 1. The van der Waals surface area contributed by atoms with Crippen LogP contribution in [0.2, 0.25) is 0 Å². The number of aromatic nitrogens is 4. The average Bonchev–Trinajstić information content (AvgIpc) is 3.30. The van der Waals surface area contributed by atoms with E-state index in [2.05, 4.69) is 37.5 Å². The SMILES string of the molecule is Nc1ncnc2c1nc(Sc1cc3c(cc1I)OCO3)n2CCCCC(=O)NO. The highest BCUT2D eigenvalue weighted by atomic mass is 127. The van der Waals surface area contributed by atoms with Crippen LogP contribution in [0.3, 0.4) is 0 Å². The number of nitrogens with zero attached hydrogens (tertiary/aromatic N) is 4. The van der Waals surface area contributed by atoms with Crippen molar-refractivity contribution in [1.82, 2.24) is 25.0 Å². The Kier molecular flexibility index (Phi) is 5.91. The van der Waals surface area contributed by atoms with E-state index in [1.54, 1.807) is 5.48 Å². The number of nitrogens with one attached hydrogen (secondary N) is 1. The lowest BCUT2D eigenvalue weighted by atomic mass is 10.2. The third kappa shape index (κ3) is 4.18. The van der Waals surface area contributed by atoms with Gasteiger partial charge in [-0.3, -0.25) is 10.0 Å². The Morgan fingerprint density at radius 3 is 2.90 bits per heavy atom. The lowest BCUT2D eigenvalue weighted by molar-refractivity contribution is -0.129. The fraction of sp³-hybridized carbons (Fsp3) is 0.294. The van der Waals surface area contributed by atoms with E-state index in [9.17, 15) is 4.79 Å². The number of hydrogen-bond donors (Lipinski definition) is 3. The van der Waals surface area contributed by atoms with Gasteiger partial charge in [-0.05, 0) is 47.6 Å². The summed E-state index contributed by atoms with van der Waals surface area (Å²) in [5.74, 6) is 1.33. The Balaban J connectivity index is 1.63. The van der Waals surface area contributed by atoms with Crippen molar-refractivity contribution in [3.8, 4) is 11.5 Å². The van der Waals surface area contributed by atoms with E-state index in [0.717, 1.165) is 19.4 Å². The number of nitrogens with two attached hydrogens (primary N) is 1. The molecule has 1 aliphatic heterocycles. The molecule has 1 amide bonds. The number of hydrogen-bond acceptors (Lipinski definition) is 9. The lowest BCUT2D eigenvalue weighted by Gasteiger charge is -2.10. The van der Waals surface area contributed by atoms with Gasteiger partial charge in [0.15, 0.2) is 33.6 Å². The van der Waals surface area contributed by atoms with E-state index in [0.29, 0.717) is 42.1 Å². The number of unbranched alkanes of at least 4 members (excludes halogenated alkanes) is 1.